The molecule has 1 aliphatic heterocycles. The van der Waals surface area contributed by atoms with Gasteiger partial charge in [0.1, 0.15) is 5.69 Å². The monoisotopic (exact) mass is 283 g/mol. The Morgan fingerprint density at radius 2 is 2.24 bits per heavy atom. The van der Waals surface area contributed by atoms with Crippen molar-refractivity contribution in [1.82, 2.24) is 35.6 Å². The van der Waals surface area contributed by atoms with E-state index in [4.69, 9.17) is 4.52 Å². The first-order chi connectivity index (χ1) is 10.4. The first-order valence-corrected chi connectivity index (χ1v) is 6.76. The lowest BCUT2D eigenvalue weighted by molar-refractivity contribution is 0.430. The van der Waals surface area contributed by atoms with E-state index in [0.29, 0.717) is 29.0 Å². The average molecular weight is 283 g/mol. The SMILES string of the molecule is c1cnc(-c2noc(-c3cc(C4CCNC4)[nH]n3)n2)cn1. The van der Waals surface area contributed by atoms with Crippen LogP contribution in [0.5, 0.6) is 0 Å². The lowest BCUT2D eigenvalue weighted by atomic mass is 10.1. The highest BCUT2D eigenvalue weighted by Gasteiger charge is 2.21. The maximum atomic E-state index is 5.25. The minimum absolute atomic E-state index is 0.379. The molecule has 1 atom stereocenters. The third kappa shape index (κ3) is 2.29. The van der Waals surface area contributed by atoms with Gasteiger partial charge in [0.25, 0.3) is 5.89 Å². The summed E-state index contributed by atoms with van der Waals surface area (Å²) in [7, 11) is 0. The van der Waals surface area contributed by atoms with E-state index in [-0.39, 0.29) is 0 Å². The van der Waals surface area contributed by atoms with E-state index in [1.807, 2.05) is 6.07 Å². The molecule has 21 heavy (non-hydrogen) atoms. The first-order valence-electron chi connectivity index (χ1n) is 6.76. The van der Waals surface area contributed by atoms with Crippen LogP contribution in [0.25, 0.3) is 23.1 Å². The Morgan fingerprint density at radius 3 is 3.05 bits per heavy atom. The largest absolute Gasteiger partial charge is 0.332 e. The molecule has 0 aromatic carbocycles. The molecule has 4 rings (SSSR count). The summed E-state index contributed by atoms with van der Waals surface area (Å²) in [4.78, 5) is 12.4. The molecule has 3 aromatic heterocycles. The fraction of sp³-hybridized carbons (Fsp3) is 0.308. The molecule has 0 amide bonds. The van der Waals surface area contributed by atoms with Gasteiger partial charge in [-0.05, 0) is 19.0 Å². The van der Waals surface area contributed by atoms with E-state index >= 15 is 0 Å². The van der Waals surface area contributed by atoms with Gasteiger partial charge >= 0.3 is 0 Å². The molecule has 1 unspecified atom stereocenters. The summed E-state index contributed by atoms with van der Waals surface area (Å²) in [6.45, 7) is 2.01. The van der Waals surface area contributed by atoms with Crippen molar-refractivity contribution < 1.29 is 4.52 Å². The minimum atomic E-state index is 0.379. The van der Waals surface area contributed by atoms with Gasteiger partial charge in [0, 0.05) is 30.6 Å². The van der Waals surface area contributed by atoms with Gasteiger partial charge in [-0.3, -0.25) is 10.1 Å². The molecular weight excluding hydrogens is 270 g/mol. The smallest absolute Gasteiger partial charge is 0.278 e. The molecule has 4 heterocycles. The van der Waals surface area contributed by atoms with Crippen LogP contribution in [-0.2, 0) is 0 Å². The normalized spacial score (nSPS) is 18.2. The van der Waals surface area contributed by atoms with Gasteiger partial charge in [-0.25, -0.2) is 4.98 Å². The van der Waals surface area contributed by atoms with Crippen LogP contribution >= 0.6 is 0 Å². The molecule has 0 bridgehead atoms. The van der Waals surface area contributed by atoms with Crippen LogP contribution in [0.3, 0.4) is 0 Å². The van der Waals surface area contributed by atoms with E-state index < -0.39 is 0 Å². The maximum Gasteiger partial charge on any atom is 0.278 e. The molecule has 1 aliphatic rings. The quantitative estimate of drug-likeness (QED) is 0.738. The van der Waals surface area contributed by atoms with Crippen LogP contribution in [0.15, 0.2) is 29.2 Å². The van der Waals surface area contributed by atoms with Gasteiger partial charge in [-0.1, -0.05) is 5.16 Å². The van der Waals surface area contributed by atoms with Crippen molar-refractivity contribution >= 4 is 0 Å². The van der Waals surface area contributed by atoms with Crippen molar-refractivity contribution in [3.8, 4) is 23.1 Å². The second-order valence-corrected chi connectivity index (χ2v) is 4.91. The molecule has 0 aliphatic carbocycles. The third-order valence-electron chi connectivity index (χ3n) is 3.54. The van der Waals surface area contributed by atoms with Crippen molar-refractivity contribution in [3.63, 3.8) is 0 Å². The summed E-state index contributed by atoms with van der Waals surface area (Å²) in [6, 6.07) is 1.96. The number of rotatable bonds is 3. The number of H-pyrrole nitrogens is 1. The third-order valence-corrected chi connectivity index (χ3v) is 3.54. The van der Waals surface area contributed by atoms with Crippen molar-refractivity contribution in [3.05, 3.63) is 30.4 Å². The van der Waals surface area contributed by atoms with Gasteiger partial charge in [-0.2, -0.15) is 10.1 Å². The van der Waals surface area contributed by atoms with E-state index in [1.165, 1.54) is 0 Å². The Balaban J connectivity index is 1.61. The molecule has 3 aromatic rings. The number of aromatic amines is 1. The lowest BCUT2D eigenvalue weighted by Gasteiger charge is -2.02. The van der Waals surface area contributed by atoms with Crippen molar-refractivity contribution in [1.29, 1.82) is 0 Å². The molecule has 0 radical (unpaired) electrons. The highest BCUT2D eigenvalue weighted by atomic mass is 16.5. The van der Waals surface area contributed by atoms with Gasteiger partial charge < -0.3 is 9.84 Å². The second kappa shape index (κ2) is 5.06. The predicted molar refractivity (Wildman–Crippen MR) is 73.1 cm³/mol. The molecule has 8 heteroatoms. The summed E-state index contributed by atoms with van der Waals surface area (Å²) >= 11 is 0. The summed E-state index contributed by atoms with van der Waals surface area (Å²) in [5.74, 6) is 1.25. The van der Waals surface area contributed by atoms with Crippen molar-refractivity contribution in [2.24, 2.45) is 0 Å². The fourth-order valence-electron chi connectivity index (χ4n) is 2.42. The van der Waals surface area contributed by atoms with Gasteiger partial charge in [0.05, 0.1) is 6.20 Å². The predicted octanol–water partition coefficient (Wildman–Crippen LogP) is 0.994. The topological polar surface area (TPSA) is 105 Å². The van der Waals surface area contributed by atoms with Crippen LogP contribution < -0.4 is 5.32 Å². The standard InChI is InChI=1S/C13H13N7O/c1-2-14-6-8(1)9-5-10(19-18-9)13-17-12(20-21-13)11-7-15-3-4-16-11/h3-5,7-8,14H,1-2,6H2,(H,18,19). The Hall–Kier alpha value is -2.61. The van der Waals surface area contributed by atoms with Crippen LogP contribution in [0.1, 0.15) is 18.0 Å². The van der Waals surface area contributed by atoms with Crippen LogP contribution in [0.2, 0.25) is 0 Å². The highest BCUT2D eigenvalue weighted by molar-refractivity contribution is 5.53. The Kier molecular flexibility index (Phi) is 2.93. The van der Waals surface area contributed by atoms with E-state index in [9.17, 15) is 0 Å². The Labute approximate surface area is 120 Å². The fourth-order valence-corrected chi connectivity index (χ4v) is 2.42. The second-order valence-electron chi connectivity index (χ2n) is 4.91. The van der Waals surface area contributed by atoms with E-state index in [2.05, 4.69) is 35.6 Å². The average Bonchev–Trinajstić information content (AvgIpc) is 3.27. The number of nitrogens with zero attached hydrogens (tertiary/aromatic N) is 5. The molecular formula is C13H13N7O. The van der Waals surface area contributed by atoms with E-state index in [1.54, 1.807) is 18.6 Å². The molecule has 1 fully saturated rings. The Morgan fingerprint density at radius 1 is 1.24 bits per heavy atom. The molecule has 106 valence electrons. The zero-order valence-corrected chi connectivity index (χ0v) is 11.2. The number of nitrogens with one attached hydrogen (secondary N) is 2. The first kappa shape index (κ1) is 12.2. The zero-order chi connectivity index (χ0) is 14.1. The molecule has 2 N–H and O–H groups in total. The summed E-state index contributed by atoms with van der Waals surface area (Å²) in [5.41, 5.74) is 2.32. The molecule has 1 saturated heterocycles. The summed E-state index contributed by atoms with van der Waals surface area (Å²) in [6.07, 6.45) is 5.89. The zero-order valence-electron chi connectivity index (χ0n) is 11.2. The van der Waals surface area contributed by atoms with Crippen LogP contribution in [0.4, 0.5) is 0 Å². The molecule has 8 nitrogen and oxygen atoms in total. The molecule has 0 spiro atoms. The number of hydrogen-bond acceptors (Lipinski definition) is 7. The van der Waals surface area contributed by atoms with Crippen LogP contribution in [0, 0.1) is 0 Å². The molecule has 0 saturated carbocycles. The lowest BCUT2D eigenvalue weighted by Crippen LogP contribution is -2.08. The maximum absolute atomic E-state index is 5.25. The van der Waals surface area contributed by atoms with E-state index in [0.717, 1.165) is 25.2 Å². The van der Waals surface area contributed by atoms with Crippen molar-refractivity contribution in [2.45, 2.75) is 12.3 Å². The Bertz CT molecular complexity index is 730. The van der Waals surface area contributed by atoms with Gasteiger partial charge in [0.2, 0.25) is 5.82 Å². The minimum Gasteiger partial charge on any atom is -0.332 e. The number of aromatic nitrogens is 6. The van der Waals surface area contributed by atoms with Crippen molar-refractivity contribution in [2.75, 3.05) is 13.1 Å². The number of hydrogen-bond donors (Lipinski definition) is 2. The summed E-state index contributed by atoms with van der Waals surface area (Å²) in [5, 5.41) is 14.5. The van der Waals surface area contributed by atoms with Crippen LogP contribution in [-0.4, -0.2) is 43.4 Å². The summed E-state index contributed by atoms with van der Waals surface area (Å²) < 4.78 is 5.25. The van der Waals surface area contributed by atoms with Gasteiger partial charge in [0.15, 0.2) is 5.69 Å². The highest BCUT2D eigenvalue weighted by Crippen LogP contribution is 2.25. The van der Waals surface area contributed by atoms with Gasteiger partial charge in [-0.15, -0.1) is 0 Å².